The number of carbonyl (C=O) groups is 2. The molecule has 2 amide bonds. The SMILES string of the molecule is COc1ccccc1OCc1ccc(C(=O)N2CCN(C(=O)OCC(C)C)CC2)o1. The normalized spacial score (nSPS) is 14.0. The molecule has 1 aliphatic heterocycles. The zero-order chi connectivity index (χ0) is 21.5. The van der Waals surface area contributed by atoms with Crippen LogP contribution in [0.2, 0.25) is 0 Å². The first kappa shape index (κ1) is 21.5. The molecule has 1 aromatic heterocycles. The molecule has 1 aromatic carbocycles. The Labute approximate surface area is 176 Å². The van der Waals surface area contributed by atoms with Gasteiger partial charge < -0.3 is 28.4 Å². The maximum Gasteiger partial charge on any atom is 0.409 e. The highest BCUT2D eigenvalue weighted by Crippen LogP contribution is 2.27. The van der Waals surface area contributed by atoms with Crippen molar-refractivity contribution in [2.75, 3.05) is 39.9 Å². The second-order valence-corrected chi connectivity index (χ2v) is 7.46. The van der Waals surface area contributed by atoms with Crippen LogP contribution in [-0.2, 0) is 11.3 Å². The molecule has 8 heteroatoms. The highest BCUT2D eigenvalue weighted by atomic mass is 16.6. The molecule has 2 heterocycles. The van der Waals surface area contributed by atoms with E-state index in [0.29, 0.717) is 50.0 Å². The molecule has 1 fully saturated rings. The van der Waals surface area contributed by atoms with Crippen LogP contribution in [0.3, 0.4) is 0 Å². The van der Waals surface area contributed by atoms with Crippen molar-refractivity contribution in [3.8, 4) is 11.5 Å². The fraction of sp³-hybridized carbons (Fsp3) is 0.455. The van der Waals surface area contributed by atoms with E-state index in [1.54, 1.807) is 35.1 Å². The number of carbonyl (C=O) groups excluding carboxylic acids is 2. The number of nitrogens with zero attached hydrogens (tertiary/aromatic N) is 2. The molecule has 0 unspecified atom stereocenters. The smallest absolute Gasteiger partial charge is 0.409 e. The van der Waals surface area contributed by atoms with Crippen LogP contribution < -0.4 is 9.47 Å². The summed E-state index contributed by atoms with van der Waals surface area (Å²) in [5.41, 5.74) is 0. The van der Waals surface area contributed by atoms with Crippen molar-refractivity contribution in [3.05, 3.63) is 47.9 Å². The molecule has 0 bridgehead atoms. The van der Waals surface area contributed by atoms with Crippen molar-refractivity contribution in [2.45, 2.75) is 20.5 Å². The first-order valence-corrected chi connectivity index (χ1v) is 10.0. The molecule has 8 nitrogen and oxygen atoms in total. The molecule has 0 N–H and O–H groups in total. The quantitative estimate of drug-likeness (QED) is 0.688. The monoisotopic (exact) mass is 416 g/mol. The Morgan fingerprint density at radius 3 is 2.33 bits per heavy atom. The van der Waals surface area contributed by atoms with E-state index in [0.717, 1.165) is 0 Å². The van der Waals surface area contributed by atoms with Gasteiger partial charge in [0.1, 0.15) is 12.4 Å². The van der Waals surface area contributed by atoms with Gasteiger partial charge in [-0.15, -0.1) is 0 Å². The fourth-order valence-electron chi connectivity index (χ4n) is 3.03. The van der Waals surface area contributed by atoms with Crippen LogP contribution >= 0.6 is 0 Å². The number of piperazine rings is 1. The topological polar surface area (TPSA) is 81.5 Å². The van der Waals surface area contributed by atoms with Gasteiger partial charge in [0.2, 0.25) is 0 Å². The second kappa shape index (κ2) is 10.0. The Morgan fingerprint density at radius 2 is 1.67 bits per heavy atom. The molecular formula is C22H28N2O6. The average molecular weight is 416 g/mol. The molecule has 3 rings (SSSR count). The van der Waals surface area contributed by atoms with Gasteiger partial charge in [0.15, 0.2) is 17.3 Å². The molecule has 0 spiro atoms. The number of ether oxygens (including phenoxy) is 3. The Morgan fingerprint density at radius 1 is 1.00 bits per heavy atom. The second-order valence-electron chi connectivity index (χ2n) is 7.46. The van der Waals surface area contributed by atoms with E-state index >= 15 is 0 Å². The van der Waals surface area contributed by atoms with Crippen molar-refractivity contribution < 1.29 is 28.2 Å². The number of methoxy groups -OCH3 is 1. The Bertz CT molecular complexity index is 855. The third-order valence-electron chi connectivity index (χ3n) is 4.68. The molecular weight excluding hydrogens is 388 g/mol. The first-order valence-electron chi connectivity index (χ1n) is 10.0. The summed E-state index contributed by atoms with van der Waals surface area (Å²) in [5, 5.41) is 0. The van der Waals surface area contributed by atoms with Gasteiger partial charge in [-0.1, -0.05) is 26.0 Å². The largest absolute Gasteiger partial charge is 0.493 e. The standard InChI is InChI=1S/C22H28N2O6/c1-16(2)14-29-22(26)24-12-10-23(11-13-24)21(25)20-9-8-17(30-20)15-28-19-7-5-4-6-18(19)27-3/h4-9,16H,10-15H2,1-3H3. The van der Waals surface area contributed by atoms with Crippen LogP contribution in [0.15, 0.2) is 40.8 Å². The predicted octanol–water partition coefficient (Wildman–Crippen LogP) is 3.42. The summed E-state index contributed by atoms with van der Waals surface area (Å²) >= 11 is 0. The molecule has 30 heavy (non-hydrogen) atoms. The highest BCUT2D eigenvalue weighted by Gasteiger charge is 2.27. The summed E-state index contributed by atoms with van der Waals surface area (Å²) in [6.07, 6.45) is -0.329. The molecule has 1 saturated heterocycles. The van der Waals surface area contributed by atoms with Crippen LogP contribution in [-0.4, -0.2) is 61.7 Å². The molecule has 1 aliphatic rings. The van der Waals surface area contributed by atoms with Crippen molar-refractivity contribution in [1.29, 1.82) is 0 Å². The van der Waals surface area contributed by atoms with Gasteiger partial charge in [-0.05, 0) is 30.2 Å². The van der Waals surface area contributed by atoms with Gasteiger partial charge in [0.05, 0.1) is 13.7 Å². The zero-order valence-corrected chi connectivity index (χ0v) is 17.6. The minimum atomic E-state index is -0.329. The molecule has 0 radical (unpaired) electrons. The van der Waals surface area contributed by atoms with E-state index in [1.165, 1.54) is 0 Å². The third kappa shape index (κ3) is 5.46. The van der Waals surface area contributed by atoms with Crippen LogP contribution in [0.1, 0.15) is 30.2 Å². The molecule has 2 aromatic rings. The van der Waals surface area contributed by atoms with Crippen molar-refractivity contribution in [1.82, 2.24) is 9.80 Å². The van der Waals surface area contributed by atoms with Crippen molar-refractivity contribution >= 4 is 12.0 Å². The van der Waals surface area contributed by atoms with E-state index in [4.69, 9.17) is 18.6 Å². The Kier molecular flexibility index (Phi) is 7.21. The summed E-state index contributed by atoms with van der Waals surface area (Å²) in [5.74, 6) is 2.12. The molecule has 162 valence electrons. The number of amides is 2. The van der Waals surface area contributed by atoms with E-state index < -0.39 is 0 Å². The lowest BCUT2D eigenvalue weighted by atomic mass is 10.2. The number of para-hydroxylation sites is 2. The van der Waals surface area contributed by atoms with Gasteiger partial charge in [0.25, 0.3) is 5.91 Å². The van der Waals surface area contributed by atoms with E-state index in [-0.39, 0.29) is 30.3 Å². The number of rotatable bonds is 7. The van der Waals surface area contributed by atoms with Crippen LogP contribution in [0, 0.1) is 5.92 Å². The predicted molar refractivity (Wildman–Crippen MR) is 110 cm³/mol. The first-order chi connectivity index (χ1) is 14.5. The number of hydrogen-bond donors (Lipinski definition) is 0. The fourth-order valence-corrected chi connectivity index (χ4v) is 3.03. The lowest BCUT2D eigenvalue weighted by molar-refractivity contribution is 0.0512. The van der Waals surface area contributed by atoms with Gasteiger partial charge in [-0.25, -0.2) is 4.79 Å². The lowest BCUT2D eigenvalue weighted by Gasteiger charge is -2.33. The third-order valence-corrected chi connectivity index (χ3v) is 4.68. The molecule has 0 atom stereocenters. The number of hydrogen-bond acceptors (Lipinski definition) is 6. The summed E-state index contributed by atoms with van der Waals surface area (Å²) < 4.78 is 21.9. The van der Waals surface area contributed by atoms with Crippen LogP contribution in [0.5, 0.6) is 11.5 Å². The minimum absolute atomic E-state index is 0.184. The number of benzene rings is 1. The lowest BCUT2D eigenvalue weighted by Crippen LogP contribution is -2.50. The van der Waals surface area contributed by atoms with Gasteiger partial charge in [-0.3, -0.25) is 4.79 Å². The summed E-state index contributed by atoms with van der Waals surface area (Å²) in [6, 6.07) is 10.7. The van der Waals surface area contributed by atoms with E-state index in [9.17, 15) is 9.59 Å². The van der Waals surface area contributed by atoms with Gasteiger partial charge in [0, 0.05) is 26.2 Å². The van der Waals surface area contributed by atoms with Crippen LogP contribution in [0.4, 0.5) is 4.79 Å². The van der Waals surface area contributed by atoms with E-state index in [1.807, 2.05) is 32.0 Å². The number of furan rings is 1. The van der Waals surface area contributed by atoms with Crippen LogP contribution in [0.25, 0.3) is 0 Å². The maximum atomic E-state index is 12.7. The summed E-state index contributed by atoms with van der Waals surface area (Å²) in [6.45, 7) is 6.30. The summed E-state index contributed by atoms with van der Waals surface area (Å²) in [7, 11) is 1.58. The van der Waals surface area contributed by atoms with Gasteiger partial charge in [-0.2, -0.15) is 0 Å². The van der Waals surface area contributed by atoms with E-state index in [2.05, 4.69) is 0 Å². The average Bonchev–Trinajstić information content (AvgIpc) is 3.24. The Balaban J connectivity index is 1.50. The van der Waals surface area contributed by atoms with Gasteiger partial charge >= 0.3 is 6.09 Å². The summed E-state index contributed by atoms with van der Waals surface area (Å²) in [4.78, 5) is 28.1. The zero-order valence-electron chi connectivity index (χ0n) is 17.6. The maximum absolute atomic E-state index is 12.7. The van der Waals surface area contributed by atoms with Crippen molar-refractivity contribution in [3.63, 3.8) is 0 Å². The minimum Gasteiger partial charge on any atom is -0.493 e. The Hall–Kier alpha value is -3.16. The van der Waals surface area contributed by atoms with Crippen molar-refractivity contribution in [2.24, 2.45) is 5.92 Å². The molecule has 0 saturated carbocycles. The molecule has 0 aliphatic carbocycles. The highest BCUT2D eigenvalue weighted by molar-refractivity contribution is 5.91.